The molecule has 0 unspecified atom stereocenters. The number of nitrogens with zero attached hydrogens (tertiary/aromatic N) is 1. The van der Waals surface area contributed by atoms with Crippen LogP contribution >= 0.6 is 11.3 Å². The Bertz CT molecular complexity index is 973. The van der Waals surface area contributed by atoms with Crippen molar-refractivity contribution in [1.82, 2.24) is 9.88 Å². The maximum absolute atomic E-state index is 12.9. The summed E-state index contributed by atoms with van der Waals surface area (Å²) in [7, 11) is 0. The van der Waals surface area contributed by atoms with E-state index >= 15 is 0 Å². The Labute approximate surface area is 154 Å². The smallest absolute Gasteiger partial charge is 0.308 e. The lowest BCUT2D eigenvalue weighted by Gasteiger charge is -2.07. The Hall–Kier alpha value is -2.73. The Morgan fingerprint density at radius 1 is 1.04 bits per heavy atom. The number of amides is 1. The van der Waals surface area contributed by atoms with Crippen molar-refractivity contribution in [2.45, 2.75) is 26.9 Å². The normalized spacial score (nSPS) is 10.7. The van der Waals surface area contributed by atoms with Crippen LogP contribution in [0.2, 0.25) is 0 Å². The first kappa shape index (κ1) is 18.1. The summed E-state index contributed by atoms with van der Waals surface area (Å²) in [6.45, 7) is 4.50. The highest BCUT2D eigenvalue weighted by atomic mass is 32.1. The number of halogens is 1. The third-order valence-corrected chi connectivity index (χ3v) is 5.26. The van der Waals surface area contributed by atoms with Gasteiger partial charge < -0.3 is 5.32 Å². The highest BCUT2D eigenvalue weighted by Gasteiger charge is 2.17. The van der Waals surface area contributed by atoms with E-state index in [1.54, 1.807) is 23.6 Å². The molecule has 2 aromatic carbocycles. The highest BCUT2D eigenvalue weighted by Crippen LogP contribution is 2.14. The molecule has 3 aromatic rings. The fraction of sp³-hybridized carbons (Fsp3) is 0.200. The minimum absolute atomic E-state index is 0.157. The molecule has 0 atom stereocenters. The monoisotopic (exact) mass is 370 g/mol. The van der Waals surface area contributed by atoms with Gasteiger partial charge in [0.25, 0.3) is 5.91 Å². The number of rotatable bonds is 5. The van der Waals surface area contributed by atoms with Crippen LogP contribution in [0.25, 0.3) is 0 Å². The summed E-state index contributed by atoms with van der Waals surface area (Å²) < 4.78 is 14.5. The standard InChI is InChI=1S/C20H19FN2O2S/c1-13-3-5-16(6-4-13)12-23-14(2)18(26-20(23)25)19(24)22-11-15-7-9-17(21)10-8-15/h3-10H,11-12H2,1-2H3,(H,22,24). The molecule has 6 heteroatoms. The van der Waals surface area contributed by atoms with Crippen LogP contribution in [-0.4, -0.2) is 10.5 Å². The third kappa shape index (κ3) is 4.08. The molecule has 4 nitrogen and oxygen atoms in total. The lowest BCUT2D eigenvalue weighted by Crippen LogP contribution is -2.23. The molecule has 0 saturated heterocycles. The zero-order valence-electron chi connectivity index (χ0n) is 14.6. The van der Waals surface area contributed by atoms with E-state index in [1.165, 1.54) is 12.1 Å². The zero-order valence-corrected chi connectivity index (χ0v) is 15.4. The van der Waals surface area contributed by atoms with Crippen molar-refractivity contribution >= 4 is 17.2 Å². The third-order valence-electron chi connectivity index (χ3n) is 4.18. The van der Waals surface area contributed by atoms with E-state index in [4.69, 9.17) is 0 Å². The SMILES string of the molecule is Cc1ccc(Cn2c(C)c(C(=O)NCc3ccc(F)cc3)sc2=O)cc1. The minimum atomic E-state index is -0.317. The molecule has 0 bridgehead atoms. The summed E-state index contributed by atoms with van der Waals surface area (Å²) in [5, 5.41) is 2.78. The average molecular weight is 370 g/mol. The second-order valence-corrected chi connectivity index (χ2v) is 7.13. The maximum Gasteiger partial charge on any atom is 0.308 e. The number of carbonyl (C=O) groups excluding carboxylic acids is 1. The van der Waals surface area contributed by atoms with Gasteiger partial charge in [-0.3, -0.25) is 14.2 Å². The van der Waals surface area contributed by atoms with E-state index in [0.717, 1.165) is 28.0 Å². The van der Waals surface area contributed by atoms with Gasteiger partial charge in [-0.25, -0.2) is 4.39 Å². The van der Waals surface area contributed by atoms with Gasteiger partial charge in [0.05, 0.1) is 6.54 Å². The topological polar surface area (TPSA) is 51.1 Å². The first-order chi connectivity index (χ1) is 12.4. The molecule has 1 aromatic heterocycles. The predicted molar refractivity (Wildman–Crippen MR) is 101 cm³/mol. The van der Waals surface area contributed by atoms with Crippen molar-refractivity contribution < 1.29 is 9.18 Å². The number of aryl methyl sites for hydroxylation is 1. The van der Waals surface area contributed by atoms with Crippen LogP contribution in [0.3, 0.4) is 0 Å². The van der Waals surface area contributed by atoms with Crippen LogP contribution in [0.4, 0.5) is 4.39 Å². The lowest BCUT2D eigenvalue weighted by atomic mass is 10.1. The van der Waals surface area contributed by atoms with Gasteiger partial charge in [-0.15, -0.1) is 0 Å². The molecular weight excluding hydrogens is 351 g/mol. The molecule has 1 N–H and O–H groups in total. The van der Waals surface area contributed by atoms with Gasteiger partial charge >= 0.3 is 4.87 Å². The molecule has 0 aliphatic heterocycles. The first-order valence-corrected chi connectivity index (χ1v) is 9.04. The molecule has 0 aliphatic rings. The summed E-state index contributed by atoms with van der Waals surface area (Å²) in [5.74, 6) is -0.612. The number of hydrogen-bond donors (Lipinski definition) is 1. The van der Waals surface area contributed by atoms with Gasteiger partial charge in [0.15, 0.2) is 0 Å². The van der Waals surface area contributed by atoms with Gasteiger partial charge in [-0.2, -0.15) is 0 Å². The number of hydrogen-bond acceptors (Lipinski definition) is 3. The number of carbonyl (C=O) groups is 1. The predicted octanol–water partition coefficient (Wildman–Crippen LogP) is 3.64. The van der Waals surface area contributed by atoms with Crippen LogP contribution in [0.5, 0.6) is 0 Å². The molecule has 3 rings (SSSR count). The molecule has 0 aliphatic carbocycles. The van der Waals surface area contributed by atoms with Crippen LogP contribution in [0.15, 0.2) is 53.3 Å². The fourth-order valence-corrected chi connectivity index (χ4v) is 3.52. The van der Waals surface area contributed by atoms with E-state index in [9.17, 15) is 14.0 Å². The summed E-state index contributed by atoms with van der Waals surface area (Å²) in [6.07, 6.45) is 0. The van der Waals surface area contributed by atoms with Gasteiger partial charge in [0.1, 0.15) is 10.7 Å². The van der Waals surface area contributed by atoms with E-state index in [2.05, 4.69) is 5.32 Å². The van der Waals surface area contributed by atoms with E-state index in [-0.39, 0.29) is 23.1 Å². The van der Waals surface area contributed by atoms with Crippen molar-refractivity contribution in [3.05, 3.63) is 91.3 Å². The highest BCUT2D eigenvalue weighted by molar-refractivity contribution is 7.11. The van der Waals surface area contributed by atoms with Crippen molar-refractivity contribution in [2.75, 3.05) is 0 Å². The van der Waals surface area contributed by atoms with Crippen LogP contribution in [0.1, 0.15) is 32.1 Å². The molecular formula is C20H19FN2O2S. The summed E-state index contributed by atoms with van der Waals surface area (Å²) >= 11 is 0.944. The van der Waals surface area contributed by atoms with Crippen LogP contribution in [0, 0.1) is 19.7 Å². The zero-order chi connectivity index (χ0) is 18.7. The Balaban J connectivity index is 1.74. The Morgan fingerprint density at radius 3 is 2.31 bits per heavy atom. The second kappa shape index (κ2) is 7.66. The van der Waals surface area contributed by atoms with Gasteiger partial charge in [-0.05, 0) is 37.1 Å². The number of nitrogens with one attached hydrogen (secondary N) is 1. The molecule has 0 fully saturated rings. The lowest BCUT2D eigenvalue weighted by molar-refractivity contribution is 0.0954. The Kier molecular flexibility index (Phi) is 5.32. The largest absolute Gasteiger partial charge is 0.347 e. The second-order valence-electron chi connectivity index (χ2n) is 6.16. The van der Waals surface area contributed by atoms with Gasteiger partial charge in [0.2, 0.25) is 0 Å². The first-order valence-electron chi connectivity index (χ1n) is 8.22. The maximum atomic E-state index is 12.9. The molecule has 1 heterocycles. The number of aromatic nitrogens is 1. The quantitative estimate of drug-likeness (QED) is 0.745. The van der Waals surface area contributed by atoms with Crippen molar-refractivity contribution in [3.63, 3.8) is 0 Å². The molecule has 26 heavy (non-hydrogen) atoms. The number of thiazole rings is 1. The van der Waals surface area contributed by atoms with E-state index in [0.29, 0.717) is 17.1 Å². The Morgan fingerprint density at radius 2 is 1.65 bits per heavy atom. The summed E-state index contributed by atoms with van der Waals surface area (Å²) in [6, 6.07) is 13.9. The molecule has 0 radical (unpaired) electrons. The summed E-state index contributed by atoms with van der Waals surface area (Å²) in [5.41, 5.74) is 3.61. The molecule has 0 spiro atoms. The van der Waals surface area contributed by atoms with E-state index in [1.807, 2.05) is 31.2 Å². The average Bonchev–Trinajstić information content (AvgIpc) is 2.91. The minimum Gasteiger partial charge on any atom is -0.347 e. The number of benzene rings is 2. The van der Waals surface area contributed by atoms with E-state index < -0.39 is 0 Å². The molecule has 1 amide bonds. The van der Waals surface area contributed by atoms with Crippen LogP contribution < -0.4 is 10.2 Å². The fourth-order valence-electron chi connectivity index (χ4n) is 2.61. The van der Waals surface area contributed by atoms with Crippen LogP contribution in [-0.2, 0) is 13.1 Å². The summed E-state index contributed by atoms with van der Waals surface area (Å²) in [4.78, 5) is 25.0. The van der Waals surface area contributed by atoms with Gasteiger partial charge in [-0.1, -0.05) is 53.3 Å². The molecule has 134 valence electrons. The van der Waals surface area contributed by atoms with Crippen molar-refractivity contribution in [2.24, 2.45) is 0 Å². The van der Waals surface area contributed by atoms with Crippen molar-refractivity contribution in [1.29, 1.82) is 0 Å². The van der Waals surface area contributed by atoms with Crippen molar-refractivity contribution in [3.8, 4) is 0 Å². The van der Waals surface area contributed by atoms with Gasteiger partial charge in [0, 0.05) is 12.2 Å². The molecule has 0 saturated carbocycles.